The molecule has 1 aliphatic heterocycles. The second-order valence-electron chi connectivity index (χ2n) is 4.26. The molecule has 1 aromatic heterocycles. The molecule has 0 aliphatic carbocycles. The summed E-state index contributed by atoms with van der Waals surface area (Å²) in [5, 5.41) is 6.48. The molecule has 4 nitrogen and oxygen atoms in total. The predicted octanol–water partition coefficient (Wildman–Crippen LogP) is 1.46. The first-order chi connectivity index (χ1) is 8.27. The summed E-state index contributed by atoms with van der Waals surface area (Å²) in [5.74, 6) is 0.372. The highest BCUT2D eigenvalue weighted by molar-refractivity contribution is 6.32. The van der Waals surface area contributed by atoms with Gasteiger partial charge in [0.25, 0.3) is 5.91 Å². The topological polar surface area (TPSA) is 54.0 Å². The number of hydrogen-bond acceptors (Lipinski definition) is 3. The molecule has 0 radical (unpaired) electrons. The summed E-state index contributed by atoms with van der Waals surface area (Å²) < 4.78 is 0. The van der Waals surface area contributed by atoms with Crippen LogP contribution in [0, 0.1) is 5.92 Å². The summed E-state index contributed by atoms with van der Waals surface area (Å²) in [6.07, 6.45) is 3.91. The van der Waals surface area contributed by atoms with Gasteiger partial charge in [-0.15, -0.1) is 0 Å². The van der Waals surface area contributed by atoms with Crippen molar-refractivity contribution in [3.63, 3.8) is 0 Å². The van der Waals surface area contributed by atoms with Gasteiger partial charge in [0.15, 0.2) is 0 Å². The molecule has 1 amide bonds. The van der Waals surface area contributed by atoms with Crippen LogP contribution >= 0.6 is 11.6 Å². The van der Waals surface area contributed by atoms with Crippen molar-refractivity contribution in [3.05, 3.63) is 29.0 Å². The molecule has 1 atom stereocenters. The molecular formula is C12H16ClN3O. The fourth-order valence-electron chi connectivity index (χ4n) is 1.99. The predicted molar refractivity (Wildman–Crippen MR) is 67.2 cm³/mol. The van der Waals surface area contributed by atoms with Crippen LogP contribution in [0.15, 0.2) is 18.3 Å². The van der Waals surface area contributed by atoms with E-state index in [1.54, 1.807) is 18.3 Å². The van der Waals surface area contributed by atoms with Gasteiger partial charge in [0, 0.05) is 12.7 Å². The summed E-state index contributed by atoms with van der Waals surface area (Å²) in [6.45, 7) is 2.75. The normalized spacial score (nSPS) is 19.9. The van der Waals surface area contributed by atoms with Gasteiger partial charge in [-0.05, 0) is 44.0 Å². The fraction of sp³-hybridized carbons (Fsp3) is 0.500. The van der Waals surface area contributed by atoms with Gasteiger partial charge in [-0.3, -0.25) is 4.79 Å². The fourth-order valence-corrected chi connectivity index (χ4v) is 2.19. The lowest BCUT2D eigenvalue weighted by atomic mass is 10.00. The van der Waals surface area contributed by atoms with Crippen LogP contribution in [0.25, 0.3) is 0 Å². The summed E-state index contributed by atoms with van der Waals surface area (Å²) >= 11 is 5.86. The maximum atomic E-state index is 11.9. The van der Waals surface area contributed by atoms with Crippen molar-refractivity contribution >= 4 is 17.5 Å². The Morgan fingerprint density at radius 3 is 3.24 bits per heavy atom. The summed E-state index contributed by atoms with van der Waals surface area (Å²) in [7, 11) is 0. The number of nitrogens with one attached hydrogen (secondary N) is 2. The van der Waals surface area contributed by atoms with E-state index in [1.807, 2.05) is 0 Å². The Labute approximate surface area is 106 Å². The first-order valence-corrected chi connectivity index (χ1v) is 6.24. The second kappa shape index (κ2) is 5.98. The zero-order chi connectivity index (χ0) is 12.1. The van der Waals surface area contributed by atoms with Crippen LogP contribution in [-0.2, 0) is 0 Å². The van der Waals surface area contributed by atoms with Gasteiger partial charge in [-0.25, -0.2) is 4.98 Å². The molecule has 17 heavy (non-hydrogen) atoms. The molecule has 1 aromatic rings. The zero-order valence-corrected chi connectivity index (χ0v) is 10.3. The number of carbonyl (C=O) groups is 1. The number of halogens is 1. The largest absolute Gasteiger partial charge is 0.352 e. The molecule has 0 unspecified atom stereocenters. The van der Waals surface area contributed by atoms with Crippen LogP contribution in [0.5, 0.6) is 0 Å². The van der Waals surface area contributed by atoms with E-state index in [0.29, 0.717) is 18.0 Å². The number of piperidine rings is 1. The highest BCUT2D eigenvalue weighted by Crippen LogP contribution is 2.12. The average Bonchev–Trinajstić information content (AvgIpc) is 2.38. The van der Waals surface area contributed by atoms with Crippen LogP contribution in [0.4, 0.5) is 0 Å². The summed E-state index contributed by atoms with van der Waals surface area (Å²) in [6, 6.07) is 3.40. The number of amides is 1. The van der Waals surface area contributed by atoms with Crippen molar-refractivity contribution in [2.75, 3.05) is 19.6 Å². The van der Waals surface area contributed by atoms with Gasteiger partial charge in [-0.1, -0.05) is 11.6 Å². The smallest absolute Gasteiger partial charge is 0.254 e. The Morgan fingerprint density at radius 2 is 2.53 bits per heavy atom. The lowest BCUT2D eigenvalue weighted by molar-refractivity contribution is 0.0944. The number of hydrogen-bond donors (Lipinski definition) is 2. The van der Waals surface area contributed by atoms with E-state index in [4.69, 9.17) is 11.6 Å². The standard InChI is InChI=1S/C12H16ClN3O/c13-11-10(4-2-6-15-11)12(17)16-8-9-3-1-5-14-7-9/h2,4,6,9,14H,1,3,5,7-8H2,(H,16,17)/t9-/m1/s1. The van der Waals surface area contributed by atoms with Gasteiger partial charge in [0.2, 0.25) is 0 Å². The van der Waals surface area contributed by atoms with E-state index in [2.05, 4.69) is 15.6 Å². The molecule has 5 heteroatoms. The van der Waals surface area contributed by atoms with Gasteiger partial charge in [0.1, 0.15) is 5.15 Å². The van der Waals surface area contributed by atoms with E-state index in [1.165, 1.54) is 6.42 Å². The maximum Gasteiger partial charge on any atom is 0.254 e. The van der Waals surface area contributed by atoms with Crippen LogP contribution in [-0.4, -0.2) is 30.5 Å². The van der Waals surface area contributed by atoms with Gasteiger partial charge < -0.3 is 10.6 Å². The molecule has 0 spiro atoms. The minimum absolute atomic E-state index is 0.145. The molecular weight excluding hydrogens is 238 g/mol. The Balaban J connectivity index is 1.87. The number of aromatic nitrogens is 1. The first-order valence-electron chi connectivity index (χ1n) is 5.87. The zero-order valence-electron chi connectivity index (χ0n) is 9.58. The minimum atomic E-state index is -0.145. The summed E-state index contributed by atoms with van der Waals surface area (Å²) in [5.41, 5.74) is 0.443. The third kappa shape index (κ3) is 3.41. The lowest BCUT2D eigenvalue weighted by Crippen LogP contribution is -2.38. The molecule has 92 valence electrons. The molecule has 0 bridgehead atoms. The highest BCUT2D eigenvalue weighted by atomic mass is 35.5. The Kier molecular flexibility index (Phi) is 4.34. The molecule has 1 aliphatic rings. The second-order valence-corrected chi connectivity index (χ2v) is 4.62. The average molecular weight is 254 g/mol. The Hall–Kier alpha value is -1.13. The Morgan fingerprint density at radius 1 is 1.65 bits per heavy atom. The van der Waals surface area contributed by atoms with E-state index < -0.39 is 0 Å². The van der Waals surface area contributed by atoms with Crippen LogP contribution in [0.1, 0.15) is 23.2 Å². The van der Waals surface area contributed by atoms with Crippen molar-refractivity contribution in [2.45, 2.75) is 12.8 Å². The first kappa shape index (κ1) is 12.3. The number of carbonyl (C=O) groups excluding carboxylic acids is 1. The highest BCUT2D eigenvalue weighted by Gasteiger charge is 2.15. The molecule has 1 fully saturated rings. The number of pyridine rings is 1. The molecule has 1 saturated heterocycles. The number of rotatable bonds is 3. The quantitative estimate of drug-likeness (QED) is 0.802. The van der Waals surface area contributed by atoms with Gasteiger partial charge >= 0.3 is 0 Å². The lowest BCUT2D eigenvalue weighted by Gasteiger charge is -2.22. The van der Waals surface area contributed by atoms with Gasteiger partial charge in [-0.2, -0.15) is 0 Å². The van der Waals surface area contributed by atoms with E-state index >= 15 is 0 Å². The number of nitrogens with zero attached hydrogens (tertiary/aromatic N) is 1. The molecule has 0 saturated carbocycles. The minimum Gasteiger partial charge on any atom is -0.352 e. The third-order valence-corrected chi connectivity index (χ3v) is 3.26. The summed E-state index contributed by atoms with van der Waals surface area (Å²) in [4.78, 5) is 15.7. The maximum absolute atomic E-state index is 11.9. The van der Waals surface area contributed by atoms with E-state index in [0.717, 1.165) is 19.5 Å². The van der Waals surface area contributed by atoms with E-state index in [9.17, 15) is 4.79 Å². The molecule has 2 heterocycles. The molecule has 0 aromatic carbocycles. The van der Waals surface area contributed by atoms with E-state index in [-0.39, 0.29) is 11.1 Å². The third-order valence-electron chi connectivity index (χ3n) is 2.95. The van der Waals surface area contributed by atoms with Crippen molar-refractivity contribution in [3.8, 4) is 0 Å². The monoisotopic (exact) mass is 253 g/mol. The van der Waals surface area contributed by atoms with Crippen LogP contribution in [0.3, 0.4) is 0 Å². The van der Waals surface area contributed by atoms with Crippen LogP contribution < -0.4 is 10.6 Å². The SMILES string of the molecule is O=C(NC[C@@H]1CCCNC1)c1cccnc1Cl. The molecule has 2 N–H and O–H groups in total. The van der Waals surface area contributed by atoms with Crippen molar-refractivity contribution < 1.29 is 4.79 Å². The molecule has 2 rings (SSSR count). The van der Waals surface area contributed by atoms with Crippen molar-refractivity contribution in [1.29, 1.82) is 0 Å². The van der Waals surface area contributed by atoms with Gasteiger partial charge in [0.05, 0.1) is 5.56 Å². The Bertz CT molecular complexity index is 391. The van der Waals surface area contributed by atoms with Crippen molar-refractivity contribution in [1.82, 2.24) is 15.6 Å². The van der Waals surface area contributed by atoms with Crippen molar-refractivity contribution in [2.24, 2.45) is 5.92 Å². The van der Waals surface area contributed by atoms with Crippen LogP contribution in [0.2, 0.25) is 5.15 Å².